The number of benzene rings is 1. The van der Waals surface area contributed by atoms with E-state index in [1.165, 1.54) is 11.0 Å². The number of nitrogens with zero attached hydrogens (tertiary/aromatic N) is 2. The second-order valence-corrected chi connectivity index (χ2v) is 6.43. The number of fused-ring (bicyclic) bond motifs is 5. The first-order valence-electron chi connectivity index (χ1n) is 7.05. The van der Waals surface area contributed by atoms with E-state index in [0.717, 1.165) is 0 Å². The minimum atomic E-state index is -1.46. The SMILES string of the molecule is CN1[C@H]2C=CC(=O)[C@]1(Cl)[C@H]1C(=O)N(c3ccccc3)C(=O)[C@H]21. The molecule has 3 aliphatic rings. The lowest BCUT2D eigenvalue weighted by atomic mass is 9.89. The third-order valence-corrected chi connectivity index (χ3v) is 5.58. The van der Waals surface area contributed by atoms with Gasteiger partial charge in [0.2, 0.25) is 11.8 Å². The van der Waals surface area contributed by atoms with Gasteiger partial charge in [0.25, 0.3) is 0 Å². The average molecular weight is 317 g/mol. The lowest BCUT2D eigenvalue weighted by molar-refractivity contribution is -0.130. The lowest BCUT2D eigenvalue weighted by Gasteiger charge is -2.36. The number of imide groups is 1. The van der Waals surface area contributed by atoms with Crippen LogP contribution < -0.4 is 4.90 Å². The zero-order valence-electron chi connectivity index (χ0n) is 11.8. The maximum absolute atomic E-state index is 12.9. The minimum Gasteiger partial charge on any atom is -0.291 e. The number of ketones is 1. The van der Waals surface area contributed by atoms with E-state index in [-0.39, 0.29) is 17.7 Å². The van der Waals surface area contributed by atoms with Gasteiger partial charge < -0.3 is 0 Å². The number of likely N-dealkylation sites (N-methyl/N-ethyl adjacent to an activating group) is 1. The van der Waals surface area contributed by atoms with E-state index in [1.807, 2.05) is 6.07 Å². The third-order valence-electron chi connectivity index (χ3n) is 4.90. The summed E-state index contributed by atoms with van der Waals surface area (Å²) in [6, 6.07) is 8.42. The number of hydrogen-bond donors (Lipinski definition) is 0. The Hall–Kier alpha value is -1.98. The smallest absolute Gasteiger partial charge is 0.241 e. The molecule has 5 nitrogen and oxygen atoms in total. The molecule has 3 heterocycles. The summed E-state index contributed by atoms with van der Waals surface area (Å²) in [6.07, 6.45) is 3.07. The van der Waals surface area contributed by atoms with Crippen molar-refractivity contribution in [3.8, 4) is 0 Å². The standard InChI is InChI=1S/C16H13ClN2O3/c1-18-10-7-8-11(20)16(18,17)13-12(10)14(21)19(15(13)22)9-5-3-2-4-6-9/h2-8,10,12-13H,1H3/t10-,12+,13+,16+/m0/s1. The number of carbonyl (C=O) groups excluding carboxylic acids is 3. The predicted molar refractivity (Wildman–Crippen MR) is 80.2 cm³/mol. The Labute approximate surface area is 132 Å². The zero-order chi connectivity index (χ0) is 15.6. The summed E-state index contributed by atoms with van der Waals surface area (Å²) in [5.74, 6) is -2.49. The molecule has 0 aromatic heterocycles. The van der Waals surface area contributed by atoms with Crippen LogP contribution in [0.15, 0.2) is 42.5 Å². The first kappa shape index (κ1) is 13.7. The quantitative estimate of drug-likeness (QED) is 0.443. The van der Waals surface area contributed by atoms with Crippen LogP contribution in [0.3, 0.4) is 0 Å². The number of amides is 2. The molecule has 2 saturated heterocycles. The number of para-hydroxylation sites is 1. The first-order valence-corrected chi connectivity index (χ1v) is 7.43. The highest BCUT2D eigenvalue weighted by atomic mass is 35.5. The summed E-state index contributed by atoms with van der Waals surface area (Å²) < 4.78 is 0. The van der Waals surface area contributed by atoms with Gasteiger partial charge in [0.05, 0.1) is 17.5 Å². The molecule has 0 saturated carbocycles. The Bertz CT molecular complexity index is 732. The summed E-state index contributed by atoms with van der Waals surface area (Å²) in [4.78, 5) is 39.3. The fraction of sp³-hybridized carbons (Fsp3) is 0.312. The van der Waals surface area contributed by atoms with Gasteiger partial charge in [0.1, 0.15) is 0 Å². The van der Waals surface area contributed by atoms with Gasteiger partial charge in [0, 0.05) is 6.04 Å². The van der Waals surface area contributed by atoms with Crippen LogP contribution in [-0.4, -0.2) is 40.6 Å². The summed E-state index contributed by atoms with van der Waals surface area (Å²) in [6.45, 7) is 0. The van der Waals surface area contributed by atoms with Crippen LogP contribution in [0.25, 0.3) is 0 Å². The molecule has 3 aliphatic heterocycles. The molecule has 2 amide bonds. The molecule has 2 fully saturated rings. The molecule has 1 aromatic carbocycles. The first-order chi connectivity index (χ1) is 10.5. The van der Waals surface area contributed by atoms with Crippen molar-refractivity contribution in [1.82, 2.24) is 4.90 Å². The van der Waals surface area contributed by atoms with Gasteiger partial charge in [-0.05, 0) is 25.3 Å². The van der Waals surface area contributed by atoms with Crippen molar-refractivity contribution in [2.24, 2.45) is 11.8 Å². The van der Waals surface area contributed by atoms with Gasteiger partial charge in [0.15, 0.2) is 10.8 Å². The van der Waals surface area contributed by atoms with Crippen LogP contribution >= 0.6 is 11.6 Å². The van der Waals surface area contributed by atoms with E-state index >= 15 is 0 Å². The Kier molecular flexibility index (Phi) is 2.65. The van der Waals surface area contributed by atoms with Crippen molar-refractivity contribution in [3.63, 3.8) is 0 Å². The van der Waals surface area contributed by atoms with Crippen molar-refractivity contribution in [2.75, 3.05) is 11.9 Å². The summed E-state index contributed by atoms with van der Waals surface area (Å²) in [5.41, 5.74) is 0.518. The molecule has 0 radical (unpaired) electrons. The van der Waals surface area contributed by atoms with E-state index in [2.05, 4.69) is 0 Å². The Balaban J connectivity index is 1.85. The van der Waals surface area contributed by atoms with E-state index in [4.69, 9.17) is 11.6 Å². The molecule has 0 unspecified atom stereocenters. The Morgan fingerprint density at radius 2 is 1.77 bits per heavy atom. The van der Waals surface area contributed by atoms with Gasteiger partial charge in [-0.1, -0.05) is 35.9 Å². The molecule has 1 aromatic rings. The molecular weight excluding hydrogens is 304 g/mol. The molecule has 0 spiro atoms. The molecule has 4 rings (SSSR count). The van der Waals surface area contributed by atoms with Crippen molar-refractivity contribution < 1.29 is 14.4 Å². The summed E-state index contributed by atoms with van der Waals surface area (Å²) >= 11 is 6.54. The number of anilines is 1. The fourth-order valence-electron chi connectivity index (χ4n) is 3.83. The molecule has 6 heteroatoms. The number of rotatable bonds is 1. The maximum Gasteiger partial charge on any atom is 0.241 e. The number of carbonyl (C=O) groups is 3. The van der Waals surface area contributed by atoms with Crippen LogP contribution in [0.5, 0.6) is 0 Å². The van der Waals surface area contributed by atoms with Gasteiger partial charge in [-0.15, -0.1) is 0 Å². The highest BCUT2D eigenvalue weighted by Gasteiger charge is 2.70. The van der Waals surface area contributed by atoms with Crippen LogP contribution in [-0.2, 0) is 14.4 Å². The maximum atomic E-state index is 12.9. The normalized spacial score (nSPS) is 37.1. The van der Waals surface area contributed by atoms with Gasteiger partial charge in [-0.3, -0.25) is 19.3 Å². The predicted octanol–water partition coefficient (Wildman–Crippen LogP) is 1.18. The monoisotopic (exact) mass is 316 g/mol. The number of hydrogen-bond acceptors (Lipinski definition) is 4. The van der Waals surface area contributed by atoms with Gasteiger partial charge >= 0.3 is 0 Å². The van der Waals surface area contributed by atoms with Crippen LogP contribution in [0.4, 0.5) is 5.69 Å². The molecular formula is C16H13ClN2O3. The van der Waals surface area contributed by atoms with Crippen LogP contribution in [0.2, 0.25) is 0 Å². The van der Waals surface area contributed by atoms with E-state index in [0.29, 0.717) is 5.69 Å². The zero-order valence-corrected chi connectivity index (χ0v) is 12.5. The molecule has 22 heavy (non-hydrogen) atoms. The largest absolute Gasteiger partial charge is 0.291 e. The fourth-order valence-corrected chi connectivity index (χ4v) is 4.23. The van der Waals surface area contributed by atoms with Crippen LogP contribution in [0, 0.1) is 11.8 Å². The average Bonchev–Trinajstić information content (AvgIpc) is 2.85. The summed E-state index contributed by atoms with van der Waals surface area (Å²) in [7, 11) is 1.69. The van der Waals surface area contributed by atoms with Crippen LogP contribution in [0.1, 0.15) is 0 Å². The van der Waals surface area contributed by atoms with Crippen molar-refractivity contribution >= 4 is 34.9 Å². The Morgan fingerprint density at radius 1 is 1.09 bits per heavy atom. The van der Waals surface area contributed by atoms with Gasteiger partial charge in [-0.25, -0.2) is 4.90 Å². The second-order valence-electron chi connectivity index (χ2n) is 5.85. The molecule has 2 bridgehead atoms. The van der Waals surface area contributed by atoms with Crippen molar-refractivity contribution in [1.29, 1.82) is 0 Å². The summed E-state index contributed by atoms with van der Waals surface area (Å²) in [5, 5.41) is 0. The Morgan fingerprint density at radius 3 is 2.45 bits per heavy atom. The van der Waals surface area contributed by atoms with Crippen molar-refractivity contribution in [3.05, 3.63) is 42.5 Å². The highest BCUT2D eigenvalue weighted by molar-refractivity contribution is 6.41. The number of halogens is 1. The highest BCUT2D eigenvalue weighted by Crippen LogP contribution is 2.53. The minimum absolute atomic E-state index is 0.292. The molecule has 0 N–H and O–H groups in total. The third kappa shape index (κ3) is 1.40. The lowest BCUT2D eigenvalue weighted by Crippen LogP contribution is -2.54. The van der Waals surface area contributed by atoms with E-state index < -0.39 is 22.7 Å². The molecule has 0 aliphatic carbocycles. The van der Waals surface area contributed by atoms with Gasteiger partial charge in [-0.2, -0.15) is 0 Å². The van der Waals surface area contributed by atoms with E-state index in [1.54, 1.807) is 42.3 Å². The van der Waals surface area contributed by atoms with E-state index in [9.17, 15) is 14.4 Å². The second kappa shape index (κ2) is 4.27. The molecule has 4 atom stereocenters. The molecule has 112 valence electrons. The van der Waals surface area contributed by atoms with Crippen molar-refractivity contribution in [2.45, 2.75) is 11.0 Å². The topological polar surface area (TPSA) is 57.7 Å². The number of alkyl halides is 1.